The Morgan fingerprint density at radius 1 is 1.16 bits per heavy atom. The van der Waals surface area contributed by atoms with Gasteiger partial charge < -0.3 is 10.0 Å². The molecule has 2 aliphatic heterocycles. The lowest BCUT2D eigenvalue weighted by atomic mass is 9.72. The van der Waals surface area contributed by atoms with Gasteiger partial charge in [-0.2, -0.15) is 18.4 Å². The Hall–Kier alpha value is -4.51. The summed E-state index contributed by atoms with van der Waals surface area (Å²) < 4.78 is 45.6. The average Bonchev–Trinajstić information content (AvgIpc) is 3.77. The quantitative estimate of drug-likeness (QED) is 0.180. The fraction of sp³-hybridized carbons (Fsp3) is 0.361. The van der Waals surface area contributed by atoms with E-state index in [1.165, 1.54) is 28.7 Å². The molecule has 8 rings (SSSR count). The van der Waals surface area contributed by atoms with Gasteiger partial charge in [0.2, 0.25) is 0 Å². The zero-order chi connectivity index (χ0) is 35.1. The molecule has 256 valence electrons. The van der Waals surface area contributed by atoms with Gasteiger partial charge in [-0.15, -0.1) is 11.3 Å². The molecular formula is C36H30ClF3N6O3S. The lowest BCUT2D eigenvalue weighted by Crippen LogP contribution is -2.72. The summed E-state index contributed by atoms with van der Waals surface area (Å²) in [4.78, 5) is 38.5. The van der Waals surface area contributed by atoms with Crippen molar-refractivity contribution in [1.82, 2.24) is 19.4 Å². The molecule has 5 heterocycles. The average molecular weight is 719 g/mol. The number of nitrogens with zero attached hydrogens (tertiary/aromatic N) is 6. The number of carboxylic acids is 1. The lowest BCUT2D eigenvalue weighted by Gasteiger charge is -2.61. The number of aryl methyl sites for hydroxylation is 2. The first kappa shape index (κ1) is 32.7. The van der Waals surface area contributed by atoms with E-state index >= 15 is 0 Å². The summed E-state index contributed by atoms with van der Waals surface area (Å²) in [7, 11) is 0. The highest BCUT2D eigenvalue weighted by atomic mass is 35.5. The number of likely N-dealkylation sites (tertiary alicyclic amines) is 1. The number of aromatic carboxylic acids is 1. The summed E-state index contributed by atoms with van der Waals surface area (Å²) in [5.41, 5.74) is 0.768. The minimum atomic E-state index is -4.74. The minimum absolute atomic E-state index is 0.0799. The van der Waals surface area contributed by atoms with Gasteiger partial charge in [-0.25, -0.2) is 9.78 Å². The van der Waals surface area contributed by atoms with Crippen LogP contribution >= 0.6 is 22.9 Å². The van der Waals surface area contributed by atoms with Crippen molar-refractivity contribution in [3.8, 4) is 17.2 Å². The Morgan fingerprint density at radius 2 is 1.92 bits per heavy atom. The molecule has 3 aliphatic rings. The predicted octanol–water partition coefficient (Wildman–Crippen LogP) is 7.14. The van der Waals surface area contributed by atoms with Crippen molar-refractivity contribution in [3.63, 3.8) is 0 Å². The number of hydrogen-bond acceptors (Lipinski definition) is 8. The van der Waals surface area contributed by atoms with E-state index in [4.69, 9.17) is 11.6 Å². The van der Waals surface area contributed by atoms with Crippen molar-refractivity contribution >= 4 is 55.7 Å². The number of anilines is 1. The number of carbonyl (C=O) groups is 1. The number of pyridine rings is 1. The third-order valence-electron chi connectivity index (χ3n) is 10.2. The van der Waals surface area contributed by atoms with Gasteiger partial charge in [0.25, 0.3) is 5.56 Å². The maximum atomic E-state index is 14.5. The Labute approximate surface area is 293 Å². The van der Waals surface area contributed by atoms with Gasteiger partial charge in [-0.05, 0) is 68.0 Å². The number of hydrogen-bond donors (Lipinski definition) is 1. The monoisotopic (exact) mass is 718 g/mol. The largest absolute Gasteiger partial charge is 0.478 e. The van der Waals surface area contributed by atoms with Crippen molar-refractivity contribution in [2.45, 2.75) is 51.4 Å². The van der Waals surface area contributed by atoms with Crippen LogP contribution in [-0.4, -0.2) is 62.7 Å². The Bertz CT molecular complexity index is 2330. The summed E-state index contributed by atoms with van der Waals surface area (Å²) >= 11 is 7.69. The third kappa shape index (κ3) is 5.41. The molecule has 3 aromatic heterocycles. The number of fused-ring (bicyclic) bond motifs is 2. The number of carboxylic acid groups (broad SMARTS) is 1. The first-order valence-electron chi connectivity index (χ1n) is 16.3. The molecule has 2 saturated heterocycles. The van der Waals surface area contributed by atoms with Crippen LogP contribution in [0, 0.1) is 23.7 Å². The Morgan fingerprint density at radius 3 is 2.60 bits per heavy atom. The molecule has 1 N–H and O–H groups in total. The summed E-state index contributed by atoms with van der Waals surface area (Å²) in [6, 6.07) is 10.7. The Kier molecular flexibility index (Phi) is 7.70. The maximum absolute atomic E-state index is 14.5. The molecule has 9 nitrogen and oxygen atoms in total. The minimum Gasteiger partial charge on any atom is -0.478 e. The van der Waals surface area contributed by atoms with Gasteiger partial charge in [-0.3, -0.25) is 19.2 Å². The van der Waals surface area contributed by atoms with Gasteiger partial charge in [-0.1, -0.05) is 17.7 Å². The molecule has 5 aromatic rings. The van der Waals surface area contributed by atoms with Gasteiger partial charge in [0.15, 0.2) is 0 Å². The topological polar surface area (TPSA) is 115 Å². The van der Waals surface area contributed by atoms with Crippen molar-refractivity contribution in [3.05, 3.63) is 85.4 Å². The van der Waals surface area contributed by atoms with E-state index < -0.39 is 23.3 Å². The van der Waals surface area contributed by atoms with Crippen LogP contribution in [0.1, 0.15) is 52.1 Å². The van der Waals surface area contributed by atoms with E-state index in [9.17, 15) is 33.1 Å². The summed E-state index contributed by atoms with van der Waals surface area (Å²) in [6.07, 6.45) is 0.110. The number of benzene rings is 2. The molecule has 0 amide bonds. The number of nitriles is 1. The van der Waals surface area contributed by atoms with Crippen LogP contribution in [-0.2, 0) is 19.1 Å². The predicted molar refractivity (Wildman–Crippen MR) is 185 cm³/mol. The highest BCUT2D eigenvalue weighted by molar-refractivity contribution is 7.18. The summed E-state index contributed by atoms with van der Waals surface area (Å²) in [5, 5.41) is 21.9. The number of aromatic nitrogens is 3. The standard InChI is InChI=1S/C36H30ClF3N6O3S/c1-19-43-28-12-27(36(38,39)40)31(45-17-35(18-45)15-44(16-35)22-6-7-22)25(13-41)29(28)33(47)46(19)10-2-3-20-4-5-21(37)11-24(20)23-8-9-42-30-26(34(48)49)14-50-32(23)30/h4-5,8-9,11-12,14,22H,2-3,6-7,10,15-18H2,1H3,(H,48,49). The van der Waals surface area contributed by atoms with Crippen LogP contribution < -0.4 is 10.5 Å². The van der Waals surface area contributed by atoms with Crippen LogP contribution in [0.25, 0.3) is 32.2 Å². The second-order valence-electron chi connectivity index (χ2n) is 13.7. The first-order chi connectivity index (χ1) is 23.9. The zero-order valence-electron chi connectivity index (χ0n) is 26.8. The molecule has 1 saturated carbocycles. The van der Waals surface area contributed by atoms with E-state index in [-0.39, 0.29) is 45.5 Å². The molecule has 14 heteroatoms. The molecule has 0 atom stereocenters. The molecule has 2 aromatic carbocycles. The smallest absolute Gasteiger partial charge is 0.418 e. The number of halogens is 4. The van der Waals surface area contributed by atoms with E-state index in [1.54, 1.807) is 29.5 Å². The molecule has 1 spiro atoms. The fourth-order valence-corrected chi connectivity index (χ4v) is 8.97. The van der Waals surface area contributed by atoms with Crippen molar-refractivity contribution in [1.29, 1.82) is 5.26 Å². The molecule has 0 bridgehead atoms. The number of thiophene rings is 1. The van der Waals surface area contributed by atoms with Crippen molar-refractivity contribution in [2.24, 2.45) is 5.41 Å². The van der Waals surface area contributed by atoms with Gasteiger partial charge in [0.1, 0.15) is 11.9 Å². The molecule has 1 aliphatic carbocycles. The number of rotatable bonds is 8. The Balaban J connectivity index is 1.11. The van der Waals surface area contributed by atoms with Gasteiger partial charge in [0.05, 0.1) is 43.5 Å². The third-order valence-corrected chi connectivity index (χ3v) is 11.4. The normalized spacial score (nSPS) is 17.2. The highest BCUT2D eigenvalue weighted by Crippen LogP contribution is 2.50. The second-order valence-corrected chi connectivity index (χ2v) is 15.0. The maximum Gasteiger partial charge on any atom is 0.418 e. The number of alkyl halides is 3. The van der Waals surface area contributed by atoms with Crippen LogP contribution in [0.4, 0.5) is 18.9 Å². The molecule has 3 fully saturated rings. The van der Waals surface area contributed by atoms with Crippen molar-refractivity contribution in [2.75, 3.05) is 31.1 Å². The SMILES string of the molecule is Cc1nc2cc(C(F)(F)F)c(N3CC4(C3)CN(C3CC3)C4)c(C#N)c2c(=O)n1CCCc1ccc(Cl)cc1-c1ccnc2c(C(=O)O)csc12. The van der Waals surface area contributed by atoms with E-state index in [0.717, 1.165) is 35.8 Å². The molecule has 0 radical (unpaired) electrons. The second kappa shape index (κ2) is 11.8. The van der Waals surface area contributed by atoms with Crippen LogP contribution in [0.2, 0.25) is 5.02 Å². The summed E-state index contributed by atoms with van der Waals surface area (Å²) in [6.45, 7) is 4.28. The summed E-state index contributed by atoms with van der Waals surface area (Å²) in [5.74, 6) is -0.817. The van der Waals surface area contributed by atoms with Crippen LogP contribution in [0.5, 0.6) is 0 Å². The van der Waals surface area contributed by atoms with Gasteiger partial charge in [0, 0.05) is 66.3 Å². The van der Waals surface area contributed by atoms with E-state index in [1.807, 2.05) is 24.3 Å². The molecule has 50 heavy (non-hydrogen) atoms. The van der Waals surface area contributed by atoms with Crippen LogP contribution in [0.3, 0.4) is 0 Å². The lowest BCUT2D eigenvalue weighted by molar-refractivity contribution is -0.137. The van der Waals surface area contributed by atoms with E-state index in [0.29, 0.717) is 47.2 Å². The van der Waals surface area contributed by atoms with Crippen molar-refractivity contribution < 1.29 is 23.1 Å². The first-order valence-corrected chi connectivity index (χ1v) is 17.6. The molecular weight excluding hydrogens is 689 g/mol. The zero-order valence-corrected chi connectivity index (χ0v) is 28.4. The van der Waals surface area contributed by atoms with Crippen LogP contribution in [0.15, 0.2) is 46.7 Å². The van der Waals surface area contributed by atoms with Gasteiger partial charge >= 0.3 is 12.1 Å². The molecule has 0 unspecified atom stereocenters. The fourth-order valence-electron chi connectivity index (χ4n) is 7.77. The highest BCUT2D eigenvalue weighted by Gasteiger charge is 2.56. The van der Waals surface area contributed by atoms with E-state index in [2.05, 4.69) is 14.9 Å².